The Morgan fingerprint density at radius 3 is 2.48 bits per heavy atom. The smallest absolute Gasteiger partial charge is 0.238 e. The molecule has 0 atom stereocenters. The van der Waals surface area contributed by atoms with Crippen LogP contribution in [0.15, 0.2) is 40.6 Å². The lowest BCUT2D eigenvalue weighted by atomic mass is 10.2. The van der Waals surface area contributed by atoms with Crippen LogP contribution in [0.25, 0.3) is 16.9 Å². The van der Waals surface area contributed by atoms with Gasteiger partial charge < -0.3 is 4.57 Å². The third-order valence-electron chi connectivity index (χ3n) is 4.58. The number of benzene rings is 1. The molecule has 0 aliphatic heterocycles. The van der Waals surface area contributed by atoms with Gasteiger partial charge in [0, 0.05) is 33.9 Å². The fourth-order valence-corrected chi connectivity index (χ4v) is 4.64. The first-order valence-corrected chi connectivity index (χ1v) is 10.5. The van der Waals surface area contributed by atoms with Gasteiger partial charge in [-0.15, -0.1) is 11.3 Å². The Morgan fingerprint density at radius 1 is 1.20 bits per heavy atom. The van der Waals surface area contributed by atoms with Gasteiger partial charge >= 0.3 is 0 Å². The highest BCUT2D eigenvalue weighted by Gasteiger charge is 2.27. The van der Waals surface area contributed by atoms with Gasteiger partial charge in [-0.05, 0) is 57.0 Å². The van der Waals surface area contributed by atoms with E-state index in [1.165, 1.54) is 30.0 Å². The van der Waals surface area contributed by atoms with Gasteiger partial charge in [0.25, 0.3) is 0 Å². The Morgan fingerprint density at radius 2 is 1.88 bits per heavy atom. The van der Waals surface area contributed by atoms with Crippen LogP contribution in [-0.4, -0.2) is 18.0 Å². The molecule has 0 saturated heterocycles. The maximum absolute atomic E-state index is 11.4. The van der Waals surface area contributed by atoms with E-state index >= 15 is 0 Å². The first kappa shape index (κ1) is 16.5. The molecule has 2 heterocycles. The number of aryl methyl sites for hydroxylation is 1. The summed E-state index contributed by atoms with van der Waals surface area (Å²) in [7, 11) is -3.68. The standard InChI is InChI=1S/C18H19N3O2S2/c1-11-9-16(17-10-24-18(20-17)13-3-4-13)12(2)21(11)14-5-7-15(8-6-14)25(19,22)23/h5-10,13H,3-4H2,1-2H3,(H2,19,22,23). The van der Waals surface area contributed by atoms with Crippen molar-refractivity contribution in [3.63, 3.8) is 0 Å². The van der Waals surface area contributed by atoms with Gasteiger partial charge in [-0.3, -0.25) is 0 Å². The third kappa shape index (κ3) is 3.03. The van der Waals surface area contributed by atoms with Gasteiger partial charge in [0.15, 0.2) is 0 Å². The molecule has 0 radical (unpaired) electrons. The maximum Gasteiger partial charge on any atom is 0.238 e. The van der Waals surface area contributed by atoms with Crippen LogP contribution in [0.1, 0.15) is 35.2 Å². The summed E-state index contributed by atoms with van der Waals surface area (Å²) in [6.45, 7) is 4.10. The van der Waals surface area contributed by atoms with Crippen LogP contribution >= 0.6 is 11.3 Å². The SMILES string of the molecule is Cc1cc(-c2csc(C3CC3)n2)c(C)n1-c1ccc(S(N)(=O)=O)cc1. The zero-order valence-electron chi connectivity index (χ0n) is 14.1. The summed E-state index contributed by atoms with van der Waals surface area (Å²) in [5.74, 6) is 0.660. The lowest BCUT2D eigenvalue weighted by molar-refractivity contribution is 0.598. The van der Waals surface area contributed by atoms with Crippen molar-refractivity contribution in [2.75, 3.05) is 0 Å². The maximum atomic E-state index is 11.4. The molecule has 1 saturated carbocycles. The molecule has 130 valence electrons. The number of hydrogen-bond acceptors (Lipinski definition) is 4. The van der Waals surface area contributed by atoms with Gasteiger partial charge in [0.2, 0.25) is 10.0 Å². The average molecular weight is 374 g/mol. The summed E-state index contributed by atoms with van der Waals surface area (Å²) in [6.07, 6.45) is 2.50. The number of hydrogen-bond donors (Lipinski definition) is 1. The molecule has 5 nitrogen and oxygen atoms in total. The Balaban J connectivity index is 1.74. The molecule has 1 fully saturated rings. The predicted molar refractivity (Wildman–Crippen MR) is 99.7 cm³/mol. The number of nitrogens with zero attached hydrogens (tertiary/aromatic N) is 2. The van der Waals surface area contributed by atoms with Crippen LogP contribution in [0, 0.1) is 13.8 Å². The minimum Gasteiger partial charge on any atom is -0.318 e. The number of aromatic nitrogens is 2. The Kier molecular flexibility index (Phi) is 3.82. The van der Waals surface area contributed by atoms with Gasteiger partial charge in [0.05, 0.1) is 15.6 Å². The number of rotatable bonds is 4. The highest BCUT2D eigenvalue weighted by atomic mass is 32.2. The van der Waals surface area contributed by atoms with E-state index in [4.69, 9.17) is 10.1 Å². The van der Waals surface area contributed by atoms with Crippen molar-refractivity contribution in [1.29, 1.82) is 0 Å². The topological polar surface area (TPSA) is 78.0 Å². The highest BCUT2D eigenvalue weighted by Crippen LogP contribution is 2.43. The minimum atomic E-state index is -3.68. The monoisotopic (exact) mass is 373 g/mol. The number of thiazole rings is 1. The molecule has 3 aromatic rings. The first-order chi connectivity index (χ1) is 11.8. The quantitative estimate of drug-likeness (QED) is 0.757. The Labute approximate surface area is 151 Å². The summed E-state index contributed by atoms with van der Waals surface area (Å²) in [4.78, 5) is 4.93. The van der Waals surface area contributed by atoms with Crippen LogP contribution in [0.3, 0.4) is 0 Å². The van der Waals surface area contributed by atoms with E-state index in [1.54, 1.807) is 23.5 Å². The van der Waals surface area contributed by atoms with Crippen LogP contribution < -0.4 is 5.14 Å². The summed E-state index contributed by atoms with van der Waals surface area (Å²) in [5, 5.41) is 8.54. The fourth-order valence-electron chi connectivity index (χ4n) is 3.13. The molecule has 0 bridgehead atoms. The van der Waals surface area contributed by atoms with Gasteiger partial charge in [0.1, 0.15) is 0 Å². The van der Waals surface area contributed by atoms with E-state index in [1.807, 2.05) is 6.92 Å². The van der Waals surface area contributed by atoms with E-state index in [0.717, 1.165) is 28.3 Å². The number of nitrogens with two attached hydrogens (primary N) is 1. The van der Waals surface area contributed by atoms with Gasteiger partial charge in [-0.2, -0.15) is 0 Å². The van der Waals surface area contributed by atoms with Crippen molar-refractivity contribution in [3.05, 3.63) is 52.1 Å². The predicted octanol–water partition coefficient (Wildman–Crippen LogP) is 3.74. The van der Waals surface area contributed by atoms with Crippen LogP contribution in [0.5, 0.6) is 0 Å². The van der Waals surface area contributed by atoms with Crippen LogP contribution in [-0.2, 0) is 10.0 Å². The van der Waals surface area contributed by atoms with Crippen molar-refractivity contribution < 1.29 is 8.42 Å². The van der Waals surface area contributed by atoms with Crippen molar-refractivity contribution in [2.24, 2.45) is 5.14 Å². The third-order valence-corrected chi connectivity index (χ3v) is 6.52. The molecule has 1 aliphatic rings. The van der Waals surface area contributed by atoms with Crippen molar-refractivity contribution >= 4 is 21.4 Å². The van der Waals surface area contributed by atoms with Crippen molar-refractivity contribution in [2.45, 2.75) is 37.5 Å². The first-order valence-electron chi connectivity index (χ1n) is 8.12. The number of sulfonamides is 1. The lowest BCUT2D eigenvalue weighted by Crippen LogP contribution is -2.12. The zero-order chi connectivity index (χ0) is 17.8. The molecule has 25 heavy (non-hydrogen) atoms. The second kappa shape index (κ2) is 5.79. The molecule has 1 aliphatic carbocycles. The van der Waals surface area contributed by atoms with Gasteiger partial charge in [-0.1, -0.05) is 0 Å². The highest BCUT2D eigenvalue weighted by molar-refractivity contribution is 7.89. The summed E-state index contributed by atoms with van der Waals surface area (Å²) in [5.41, 5.74) is 5.22. The Hall–Kier alpha value is -1.96. The molecule has 0 amide bonds. The van der Waals surface area contributed by atoms with Crippen LogP contribution in [0.4, 0.5) is 0 Å². The number of primary sulfonamides is 1. The molecule has 4 rings (SSSR count). The summed E-state index contributed by atoms with van der Waals surface area (Å²) >= 11 is 1.74. The van der Waals surface area contributed by atoms with E-state index < -0.39 is 10.0 Å². The largest absolute Gasteiger partial charge is 0.318 e. The second-order valence-electron chi connectivity index (χ2n) is 6.50. The van der Waals surface area contributed by atoms with E-state index in [0.29, 0.717) is 5.92 Å². The molecular weight excluding hydrogens is 354 g/mol. The fraction of sp³-hybridized carbons (Fsp3) is 0.278. The van der Waals surface area contributed by atoms with Crippen LogP contribution in [0.2, 0.25) is 0 Å². The van der Waals surface area contributed by atoms with E-state index in [9.17, 15) is 8.42 Å². The van der Waals surface area contributed by atoms with Crippen molar-refractivity contribution in [1.82, 2.24) is 9.55 Å². The molecule has 2 aromatic heterocycles. The summed E-state index contributed by atoms with van der Waals surface area (Å²) in [6, 6.07) is 8.77. The lowest BCUT2D eigenvalue weighted by Gasteiger charge is -2.10. The second-order valence-corrected chi connectivity index (χ2v) is 8.96. The normalized spacial score (nSPS) is 14.8. The summed E-state index contributed by atoms with van der Waals surface area (Å²) < 4.78 is 25.0. The average Bonchev–Trinajstić information content (AvgIpc) is 3.22. The van der Waals surface area contributed by atoms with Gasteiger partial charge in [-0.25, -0.2) is 18.5 Å². The Bertz CT molecular complexity index is 1040. The molecular formula is C18H19N3O2S2. The molecule has 2 N–H and O–H groups in total. The molecule has 0 unspecified atom stereocenters. The molecule has 7 heteroatoms. The molecule has 1 aromatic carbocycles. The molecule has 0 spiro atoms. The van der Waals surface area contributed by atoms with E-state index in [-0.39, 0.29) is 4.90 Å². The van der Waals surface area contributed by atoms with Crippen molar-refractivity contribution in [3.8, 4) is 16.9 Å². The minimum absolute atomic E-state index is 0.118. The van der Waals surface area contributed by atoms with E-state index in [2.05, 4.69) is 22.9 Å². The zero-order valence-corrected chi connectivity index (χ0v) is 15.7.